The molecule has 1 saturated heterocycles. The van der Waals surface area contributed by atoms with Gasteiger partial charge in [-0.15, -0.1) is 0 Å². The van der Waals surface area contributed by atoms with Gasteiger partial charge in [-0.3, -0.25) is 0 Å². The Labute approximate surface area is 102 Å². The molecule has 16 heavy (non-hydrogen) atoms. The van der Waals surface area contributed by atoms with Crippen molar-refractivity contribution in [2.45, 2.75) is 0 Å². The first-order chi connectivity index (χ1) is 7.65. The van der Waals surface area contributed by atoms with Gasteiger partial charge in [0.15, 0.2) is 0 Å². The van der Waals surface area contributed by atoms with Crippen molar-refractivity contribution in [3.05, 3.63) is 28.5 Å². The smallest absolute Gasteiger partial charge is 0.146 e. The summed E-state index contributed by atoms with van der Waals surface area (Å²) in [5.74, 6) is -0.295. The molecule has 1 aromatic rings. The van der Waals surface area contributed by atoms with Gasteiger partial charge in [-0.1, -0.05) is 15.9 Å². The Bertz CT molecular complexity index is 377. The lowest BCUT2D eigenvalue weighted by atomic mass is 9.87. The Morgan fingerprint density at radius 1 is 1.50 bits per heavy atom. The van der Waals surface area contributed by atoms with E-state index in [9.17, 15) is 9.50 Å². The lowest BCUT2D eigenvalue weighted by Gasteiger charge is -2.40. The quantitative estimate of drug-likeness (QED) is 0.891. The van der Waals surface area contributed by atoms with Gasteiger partial charge in [0, 0.05) is 11.0 Å². The summed E-state index contributed by atoms with van der Waals surface area (Å²) in [6, 6.07) is 4.73. The lowest BCUT2D eigenvalue weighted by molar-refractivity contribution is -0.128. The van der Waals surface area contributed by atoms with Gasteiger partial charge in [0.25, 0.3) is 0 Å². The summed E-state index contributed by atoms with van der Waals surface area (Å²) in [6.45, 7) is 1.60. The van der Waals surface area contributed by atoms with Crippen molar-refractivity contribution in [3.8, 4) is 0 Å². The van der Waals surface area contributed by atoms with E-state index in [4.69, 9.17) is 4.74 Å². The van der Waals surface area contributed by atoms with Gasteiger partial charge in [-0.05, 0) is 18.2 Å². The van der Waals surface area contributed by atoms with Crippen LogP contribution in [-0.2, 0) is 4.74 Å². The van der Waals surface area contributed by atoms with Crippen LogP contribution in [0.1, 0.15) is 0 Å². The van der Waals surface area contributed by atoms with E-state index < -0.39 is 0 Å². The van der Waals surface area contributed by atoms with Crippen LogP contribution in [-0.4, -0.2) is 31.5 Å². The third kappa shape index (κ3) is 2.36. The number of aliphatic hydroxyl groups excluding tert-OH is 1. The first-order valence-electron chi connectivity index (χ1n) is 5.03. The van der Waals surface area contributed by atoms with Crippen molar-refractivity contribution in [1.82, 2.24) is 0 Å². The van der Waals surface area contributed by atoms with Crippen LogP contribution >= 0.6 is 15.9 Å². The first-order valence-corrected chi connectivity index (χ1v) is 5.82. The standard InChI is InChI=1S/C11H13BrFNO2/c12-8-1-2-9(13)10(3-8)14-4-11(5-15)6-16-7-11/h1-3,14-15H,4-7H2. The fourth-order valence-electron chi connectivity index (χ4n) is 1.56. The maximum Gasteiger partial charge on any atom is 0.146 e. The van der Waals surface area contributed by atoms with Crippen LogP contribution in [0.15, 0.2) is 22.7 Å². The highest BCUT2D eigenvalue weighted by molar-refractivity contribution is 9.10. The summed E-state index contributed by atoms with van der Waals surface area (Å²) in [5, 5.41) is 12.2. The zero-order valence-corrected chi connectivity index (χ0v) is 10.3. The minimum Gasteiger partial charge on any atom is -0.396 e. The topological polar surface area (TPSA) is 41.5 Å². The number of rotatable bonds is 4. The number of benzene rings is 1. The molecule has 1 heterocycles. The molecule has 1 aliphatic heterocycles. The highest BCUT2D eigenvalue weighted by atomic mass is 79.9. The predicted octanol–water partition coefficient (Wildman–Crippen LogP) is 2.01. The minimum absolute atomic E-state index is 0.0512. The maximum absolute atomic E-state index is 13.4. The van der Waals surface area contributed by atoms with Crippen LogP contribution in [0.2, 0.25) is 0 Å². The summed E-state index contributed by atoms with van der Waals surface area (Å²) in [4.78, 5) is 0. The molecule has 0 amide bonds. The predicted molar refractivity (Wildman–Crippen MR) is 62.9 cm³/mol. The normalized spacial score (nSPS) is 17.9. The van der Waals surface area contributed by atoms with E-state index in [0.29, 0.717) is 25.4 Å². The minimum atomic E-state index is -0.295. The second kappa shape index (κ2) is 4.69. The van der Waals surface area contributed by atoms with Gasteiger partial charge in [0.2, 0.25) is 0 Å². The van der Waals surface area contributed by atoms with Crippen LogP contribution in [0.5, 0.6) is 0 Å². The average Bonchev–Trinajstić information content (AvgIpc) is 2.22. The van der Waals surface area contributed by atoms with Crippen molar-refractivity contribution < 1.29 is 14.2 Å². The lowest BCUT2D eigenvalue weighted by Crippen LogP contribution is -2.50. The molecule has 0 radical (unpaired) electrons. The zero-order chi connectivity index (χ0) is 11.6. The summed E-state index contributed by atoms with van der Waals surface area (Å²) in [6.07, 6.45) is 0. The largest absolute Gasteiger partial charge is 0.396 e. The number of anilines is 1. The Kier molecular flexibility index (Phi) is 3.47. The van der Waals surface area contributed by atoms with Gasteiger partial charge in [-0.2, -0.15) is 0 Å². The number of hydrogen-bond donors (Lipinski definition) is 2. The van der Waals surface area contributed by atoms with Gasteiger partial charge < -0.3 is 15.2 Å². The molecule has 0 bridgehead atoms. The molecular formula is C11H13BrFNO2. The number of halogens is 2. The second-order valence-corrected chi connectivity index (χ2v) is 5.04. The molecule has 0 aromatic heterocycles. The SMILES string of the molecule is OCC1(CNc2cc(Br)ccc2F)COC1. The van der Waals surface area contributed by atoms with E-state index in [0.717, 1.165) is 4.47 Å². The van der Waals surface area contributed by atoms with Crippen molar-refractivity contribution >= 4 is 21.6 Å². The monoisotopic (exact) mass is 289 g/mol. The van der Waals surface area contributed by atoms with Crippen molar-refractivity contribution in [2.24, 2.45) is 5.41 Å². The number of hydrogen-bond acceptors (Lipinski definition) is 3. The van der Waals surface area contributed by atoms with Gasteiger partial charge in [0.05, 0.1) is 30.9 Å². The highest BCUT2D eigenvalue weighted by Gasteiger charge is 2.37. The van der Waals surface area contributed by atoms with Gasteiger partial charge in [-0.25, -0.2) is 4.39 Å². The number of nitrogens with one attached hydrogen (secondary N) is 1. The third-order valence-corrected chi connectivity index (χ3v) is 3.23. The Morgan fingerprint density at radius 2 is 2.25 bits per heavy atom. The molecule has 5 heteroatoms. The van der Waals surface area contributed by atoms with Gasteiger partial charge >= 0.3 is 0 Å². The van der Waals surface area contributed by atoms with E-state index in [-0.39, 0.29) is 17.8 Å². The summed E-state index contributed by atoms with van der Waals surface area (Å²) in [5.41, 5.74) is 0.184. The molecule has 88 valence electrons. The first kappa shape index (κ1) is 11.8. The molecule has 1 aliphatic rings. The van der Waals surface area contributed by atoms with E-state index in [1.54, 1.807) is 12.1 Å². The van der Waals surface area contributed by atoms with Crippen LogP contribution in [0.25, 0.3) is 0 Å². The molecule has 2 N–H and O–H groups in total. The molecule has 0 aliphatic carbocycles. The molecule has 0 atom stereocenters. The molecule has 1 aromatic carbocycles. The fraction of sp³-hybridized carbons (Fsp3) is 0.455. The molecule has 0 unspecified atom stereocenters. The number of ether oxygens (including phenoxy) is 1. The summed E-state index contributed by atoms with van der Waals surface area (Å²) in [7, 11) is 0. The molecule has 0 saturated carbocycles. The van der Waals surface area contributed by atoms with E-state index in [1.807, 2.05) is 0 Å². The third-order valence-electron chi connectivity index (χ3n) is 2.73. The van der Waals surface area contributed by atoms with E-state index in [1.165, 1.54) is 6.07 Å². The Hall–Kier alpha value is -0.650. The molecule has 1 fully saturated rings. The van der Waals surface area contributed by atoms with Crippen LogP contribution < -0.4 is 5.32 Å². The zero-order valence-electron chi connectivity index (χ0n) is 8.67. The maximum atomic E-state index is 13.4. The van der Waals surface area contributed by atoms with Gasteiger partial charge in [0.1, 0.15) is 5.82 Å². The van der Waals surface area contributed by atoms with Crippen LogP contribution in [0.4, 0.5) is 10.1 Å². The van der Waals surface area contributed by atoms with Crippen LogP contribution in [0, 0.1) is 11.2 Å². The molecule has 3 nitrogen and oxygen atoms in total. The van der Waals surface area contributed by atoms with Crippen molar-refractivity contribution in [2.75, 3.05) is 31.7 Å². The van der Waals surface area contributed by atoms with Crippen LogP contribution in [0.3, 0.4) is 0 Å². The van der Waals surface area contributed by atoms with Crippen molar-refractivity contribution in [1.29, 1.82) is 0 Å². The number of aliphatic hydroxyl groups is 1. The molecular weight excluding hydrogens is 277 g/mol. The molecule has 0 spiro atoms. The average molecular weight is 290 g/mol. The Balaban J connectivity index is 2.01. The summed E-state index contributed by atoms with van der Waals surface area (Å²) >= 11 is 3.28. The van der Waals surface area contributed by atoms with E-state index >= 15 is 0 Å². The molecule has 2 rings (SSSR count). The second-order valence-electron chi connectivity index (χ2n) is 4.13. The Morgan fingerprint density at radius 3 is 2.81 bits per heavy atom. The van der Waals surface area contributed by atoms with Crippen molar-refractivity contribution in [3.63, 3.8) is 0 Å². The summed E-state index contributed by atoms with van der Waals surface area (Å²) < 4.78 is 19.3. The van der Waals surface area contributed by atoms with E-state index in [2.05, 4.69) is 21.2 Å². The highest BCUT2D eigenvalue weighted by Crippen LogP contribution is 2.28. The fourth-order valence-corrected chi connectivity index (χ4v) is 1.92.